The van der Waals surface area contributed by atoms with Crippen LogP contribution in [0.15, 0.2) is 29.2 Å². The highest BCUT2D eigenvalue weighted by Crippen LogP contribution is 2.13. The minimum Gasteiger partial charge on any atom is -0.326 e. The highest BCUT2D eigenvalue weighted by Gasteiger charge is 2.18. The highest BCUT2D eigenvalue weighted by molar-refractivity contribution is 7.89. The summed E-state index contributed by atoms with van der Waals surface area (Å²) in [5, 5.41) is 12.9. The summed E-state index contributed by atoms with van der Waals surface area (Å²) in [5.74, 6) is -0.251. The summed E-state index contributed by atoms with van der Waals surface area (Å²) in [6.45, 7) is 1.34. The fraction of sp³-hybridized carbons (Fsp3) is 0.125. The molecular weight excluding hydrogens is 232 g/mol. The van der Waals surface area contributed by atoms with E-state index in [4.69, 9.17) is 5.39 Å². The maximum Gasteiger partial charge on any atom is 0.323 e. The Morgan fingerprint density at radius 3 is 2.31 bits per heavy atom. The Kier molecular flexibility index (Phi) is 3.42. The Balaban J connectivity index is 2.96. The molecule has 16 heavy (non-hydrogen) atoms. The molecule has 0 heterocycles. The molecule has 1 aromatic rings. The van der Waals surface area contributed by atoms with Crippen molar-refractivity contribution in [2.45, 2.75) is 11.8 Å². The van der Waals surface area contributed by atoms with Crippen LogP contribution in [-0.4, -0.2) is 14.3 Å². The summed E-state index contributed by atoms with van der Waals surface area (Å²) in [5.41, 5.74) is 0.479. The molecule has 0 radical (unpaired) electrons. The second kappa shape index (κ2) is 4.59. The van der Waals surface area contributed by atoms with Gasteiger partial charge in [-0.3, -0.25) is 4.79 Å². The Morgan fingerprint density at radius 2 is 1.88 bits per heavy atom. The number of hydrogen-bond acceptors (Lipinski definition) is 4. The number of carbonyl (C=O) groups is 1. The molecule has 0 spiro atoms. The molecule has 0 atom stereocenters. The van der Waals surface area contributed by atoms with Crippen LogP contribution in [0.1, 0.15) is 6.92 Å². The Morgan fingerprint density at radius 1 is 1.31 bits per heavy atom. The highest BCUT2D eigenvalue weighted by atomic mass is 32.2. The van der Waals surface area contributed by atoms with E-state index in [1.807, 2.05) is 0 Å². The molecule has 8 heteroatoms. The molecule has 0 saturated carbocycles. The van der Waals surface area contributed by atoms with Crippen LogP contribution in [0.5, 0.6) is 0 Å². The summed E-state index contributed by atoms with van der Waals surface area (Å²) in [4.78, 5) is 12.2. The maximum absolute atomic E-state index is 11.3. The van der Waals surface area contributed by atoms with Crippen molar-refractivity contribution < 1.29 is 13.2 Å². The predicted octanol–water partition coefficient (Wildman–Crippen LogP) is 0.691. The maximum atomic E-state index is 11.3. The van der Waals surface area contributed by atoms with E-state index in [1.54, 1.807) is 4.83 Å². The molecule has 0 unspecified atom stereocenters. The average Bonchev–Trinajstić information content (AvgIpc) is 2.17. The molecule has 1 aromatic carbocycles. The van der Waals surface area contributed by atoms with Crippen molar-refractivity contribution in [1.82, 2.24) is 4.83 Å². The summed E-state index contributed by atoms with van der Waals surface area (Å²) in [6.07, 6.45) is 0. The van der Waals surface area contributed by atoms with E-state index < -0.39 is 10.0 Å². The van der Waals surface area contributed by atoms with Gasteiger partial charge < -0.3 is 5.32 Å². The Bertz CT molecular complexity index is 529. The molecule has 0 fully saturated rings. The summed E-state index contributed by atoms with van der Waals surface area (Å²) < 4.78 is 22.6. The van der Waals surface area contributed by atoms with Gasteiger partial charge in [-0.1, -0.05) is 0 Å². The molecule has 0 aliphatic heterocycles. The number of sulfonamides is 1. The predicted molar refractivity (Wildman–Crippen MR) is 56.2 cm³/mol. The van der Waals surface area contributed by atoms with E-state index in [-0.39, 0.29) is 10.8 Å². The quantitative estimate of drug-likeness (QED) is 0.600. The van der Waals surface area contributed by atoms with E-state index in [9.17, 15) is 13.2 Å². The molecule has 1 rings (SSSR count). The number of hydrogen-bond donors (Lipinski definition) is 2. The number of nitrogens with one attached hydrogen (secondary N) is 2. The van der Waals surface area contributed by atoms with Crippen molar-refractivity contribution in [3.05, 3.63) is 29.4 Å². The minimum atomic E-state index is -3.83. The van der Waals surface area contributed by atoms with E-state index >= 15 is 0 Å². The number of rotatable bonds is 3. The second-order valence-corrected chi connectivity index (χ2v) is 4.56. The van der Waals surface area contributed by atoms with Crippen molar-refractivity contribution in [3.63, 3.8) is 0 Å². The number of nitrogens with zero attached hydrogens (tertiary/aromatic N) is 2. The third-order valence-corrected chi connectivity index (χ3v) is 2.86. The molecule has 0 aliphatic carbocycles. The third kappa shape index (κ3) is 2.93. The first kappa shape index (κ1) is 11.9. The molecule has 7 nitrogen and oxygen atoms in total. The molecule has 1 amide bonds. The largest absolute Gasteiger partial charge is 0.326 e. The van der Waals surface area contributed by atoms with Gasteiger partial charge in [0.1, 0.15) is 0 Å². The van der Waals surface area contributed by atoms with E-state index in [0.717, 1.165) is 0 Å². The number of diazo groups is 1. The zero-order valence-corrected chi connectivity index (χ0v) is 9.15. The smallest absolute Gasteiger partial charge is 0.323 e. The van der Waals surface area contributed by atoms with Gasteiger partial charge in [0, 0.05) is 12.6 Å². The van der Waals surface area contributed by atoms with Crippen LogP contribution >= 0.6 is 0 Å². The lowest BCUT2D eigenvalue weighted by Gasteiger charge is -2.02. The van der Waals surface area contributed by atoms with Gasteiger partial charge in [-0.05, 0) is 24.3 Å². The lowest BCUT2D eigenvalue weighted by molar-refractivity contribution is -0.114. The van der Waals surface area contributed by atoms with Crippen molar-refractivity contribution in [3.8, 4) is 0 Å². The monoisotopic (exact) mass is 241 g/mol. The van der Waals surface area contributed by atoms with E-state index in [0.29, 0.717) is 5.69 Å². The van der Waals surface area contributed by atoms with Crippen molar-refractivity contribution >= 4 is 21.6 Å². The van der Waals surface area contributed by atoms with Crippen LogP contribution in [0.2, 0.25) is 0 Å². The van der Waals surface area contributed by atoms with Gasteiger partial charge in [0.05, 0.1) is 9.73 Å². The van der Waals surface area contributed by atoms with Gasteiger partial charge in [0.15, 0.2) is 0 Å². The van der Waals surface area contributed by atoms with Gasteiger partial charge >= 0.3 is 15.1 Å². The molecule has 0 saturated heterocycles. The van der Waals surface area contributed by atoms with Gasteiger partial charge in [-0.15, -0.1) is 0 Å². The zero-order chi connectivity index (χ0) is 12.2. The van der Waals surface area contributed by atoms with Crippen LogP contribution in [0.3, 0.4) is 0 Å². The fourth-order valence-corrected chi connectivity index (χ4v) is 1.73. The van der Waals surface area contributed by atoms with Crippen molar-refractivity contribution in [1.29, 1.82) is 5.39 Å². The van der Waals surface area contributed by atoms with Crippen LogP contribution in [0.25, 0.3) is 5.08 Å². The number of carbonyl (C=O) groups excluding carboxylic acids is 1. The first-order valence-corrected chi connectivity index (χ1v) is 5.67. The lowest BCUT2D eigenvalue weighted by atomic mass is 10.3. The number of amides is 1. The second-order valence-electron chi connectivity index (χ2n) is 2.90. The molecule has 2 N–H and O–H groups in total. The lowest BCUT2D eigenvalue weighted by Crippen LogP contribution is -2.16. The van der Waals surface area contributed by atoms with Gasteiger partial charge in [0.2, 0.25) is 5.91 Å². The normalized spacial score (nSPS) is 10.2. The average molecular weight is 241 g/mol. The summed E-state index contributed by atoms with van der Waals surface area (Å²) >= 11 is 0. The Hall–Kier alpha value is -2.14. The molecule has 0 bridgehead atoms. The van der Waals surface area contributed by atoms with Crippen molar-refractivity contribution in [2.24, 2.45) is 0 Å². The number of benzene rings is 1. The SMILES string of the molecule is CC(=O)Nc1ccc(S(=O)(=O)N[N+]#N)cc1. The van der Waals surface area contributed by atoms with Gasteiger partial charge in [0.25, 0.3) is 5.39 Å². The molecule has 0 aliphatic rings. The topological polar surface area (TPSA) is 103 Å². The van der Waals surface area contributed by atoms with Gasteiger partial charge in [-0.25, -0.2) is 0 Å². The van der Waals surface area contributed by atoms with Crippen LogP contribution < -0.4 is 10.1 Å². The first-order valence-electron chi connectivity index (χ1n) is 4.19. The van der Waals surface area contributed by atoms with Crippen molar-refractivity contribution in [2.75, 3.05) is 5.32 Å². The van der Waals surface area contributed by atoms with E-state index in [1.165, 1.54) is 31.2 Å². The first-order chi connectivity index (χ1) is 7.45. The van der Waals surface area contributed by atoms with Crippen LogP contribution in [0.4, 0.5) is 5.69 Å². The van der Waals surface area contributed by atoms with Crippen LogP contribution in [0, 0.1) is 5.39 Å². The molecule has 0 aromatic heterocycles. The fourth-order valence-electron chi connectivity index (χ4n) is 1.03. The zero-order valence-electron chi connectivity index (χ0n) is 8.34. The van der Waals surface area contributed by atoms with Gasteiger partial charge in [-0.2, -0.15) is 8.42 Å². The number of anilines is 1. The molecular formula is C8H9N4O3S+. The molecule has 84 valence electrons. The van der Waals surface area contributed by atoms with E-state index in [2.05, 4.69) is 10.4 Å². The standard InChI is InChI=1S/C8H8N4O3S/c1-6(13)10-7-2-4-8(5-3-7)16(14,15)12-11-9/h2-5,12H,1H3/p+1. The minimum absolute atomic E-state index is 0.0700. The van der Waals surface area contributed by atoms with Crippen LogP contribution in [-0.2, 0) is 14.8 Å². The summed E-state index contributed by atoms with van der Waals surface area (Å²) in [6, 6.07) is 5.40. The third-order valence-electron chi connectivity index (χ3n) is 1.65. The summed E-state index contributed by atoms with van der Waals surface area (Å²) in [7, 11) is -3.83. The Labute approximate surface area is 92.1 Å².